The summed E-state index contributed by atoms with van der Waals surface area (Å²) in [6.07, 6.45) is 5.73. The average Bonchev–Trinajstić information content (AvgIpc) is 2.90. The van der Waals surface area contributed by atoms with Crippen molar-refractivity contribution in [2.24, 2.45) is 5.92 Å². The van der Waals surface area contributed by atoms with Crippen LogP contribution < -0.4 is 5.32 Å². The van der Waals surface area contributed by atoms with Crippen LogP contribution in [0.5, 0.6) is 0 Å². The number of hydrogen-bond donors (Lipinski definition) is 1. The van der Waals surface area contributed by atoms with Crippen LogP contribution >= 0.6 is 0 Å². The first-order valence-electron chi connectivity index (χ1n) is 6.16. The van der Waals surface area contributed by atoms with E-state index in [1.54, 1.807) is 6.33 Å². The van der Waals surface area contributed by atoms with Gasteiger partial charge >= 0.3 is 0 Å². The Labute approximate surface area is 97.5 Å². The van der Waals surface area contributed by atoms with Crippen LogP contribution in [0.15, 0.2) is 6.33 Å². The summed E-state index contributed by atoms with van der Waals surface area (Å²) < 4.78 is 2.04. The van der Waals surface area contributed by atoms with Crippen LogP contribution in [-0.4, -0.2) is 20.3 Å². The van der Waals surface area contributed by atoms with Crippen LogP contribution in [0.25, 0.3) is 0 Å². The molecule has 0 bridgehead atoms. The third kappa shape index (κ3) is 3.59. The van der Waals surface area contributed by atoms with Gasteiger partial charge in [0, 0.05) is 12.1 Å². The molecule has 1 aliphatic carbocycles. The lowest BCUT2D eigenvalue weighted by Gasteiger charge is -2.20. The van der Waals surface area contributed by atoms with Crippen LogP contribution in [0.2, 0.25) is 0 Å². The van der Waals surface area contributed by atoms with Gasteiger partial charge in [0.2, 0.25) is 0 Å². The van der Waals surface area contributed by atoms with E-state index in [0.29, 0.717) is 0 Å². The summed E-state index contributed by atoms with van der Waals surface area (Å²) in [7, 11) is 0. The fourth-order valence-corrected chi connectivity index (χ4v) is 1.67. The highest BCUT2D eigenvalue weighted by Gasteiger charge is 2.21. The summed E-state index contributed by atoms with van der Waals surface area (Å²) in [5.74, 6) is 2.00. The van der Waals surface area contributed by atoms with Crippen molar-refractivity contribution < 1.29 is 0 Å². The number of hydrogen-bond acceptors (Lipinski definition) is 3. The Hall–Kier alpha value is -0.900. The topological polar surface area (TPSA) is 42.7 Å². The van der Waals surface area contributed by atoms with E-state index in [0.717, 1.165) is 24.8 Å². The molecule has 1 fully saturated rings. The normalized spacial score (nSPS) is 16.7. The van der Waals surface area contributed by atoms with Gasteiger partial charge in [-0.05, 0) is 33.1 Å². The first-order valence-corrected chi connectivity index (χ1v) is 6.16. The number of aromatic nitrogens is 3. The predicted octanol–water partition coefficient (Wildman–Crippen LogP) is 1.97. The van der Waals surface area contributed by atoms with E-state index >= 15 is 0 Å². The molecule has 0 aromatic carbocycles. The lowest BCUT2D eigenvalue weighted by molar-refractivity contribution is 0.404. The largest absolute Gasteiger partial charge is 0.305 e. The van der Waals surface area contributed by atoms with Gasteiger partial charge in [-0.3, -0.25) is 0 Å². The van der Waals surface area contributed by atoms with E-state index in [1.165, 1.54) is 19.3 Å². The summed E-state index contributed by atoms with van der Waals surface area (Å²) in [6, 6.07) is 0. The minimum Gasteiger partial charge on any atom is -0.305 e. The Morgan fingerprint density at radius 1 is 1.44 bits per heavy atom. The van der Waals surface area contributed by atoms with Gasteiger partial charge in [0.15, 0.2) is 0 Å². The van der Waals surface area contributed by atoms with Gasteiger partial charge in [-0.25, -0.2) is 9.67 Å². The second-order valence-electron chi connectivity index (χ2n) is 5.74. The summed E-state index contributed by atoms with van der Waals surface area (Å²) in [6.45, 7) is 8.31. The Balaban J connectivity index is 1.85. The molecule has 0 amide bonds. The highest BCUT2D eigenvalue weighted by atomic mass is 15.3. The predicted molar refractivity (Wildman–Crippen MR) is 64.0 cm³/mol. The first kappa shape index (κ1) is 11.6. The molecule has 4 nitrogen and oxygen atoms in total. The fourth-order valence-electron chi connectivity index (χ4n) is 1.67. The Kier molecular flexibility index (Phi) is 3.28. The summed E-state index contributed by atoms with van der Waals surface area (Å²) in [4.78, 5) is 4.31. The molecule has 1 aliphatic rings. The maximum absolute atomic E-state index is 4.31. The van der Waals surface area contributed by atoms with E-state index in [1.807, 2.05) is 4.68 Å². The molecule has 0 radical (unpaired) electrons. The minimum atomic E-state index is 0.132. The molecule has 2 rings (SSSR count). The van der Waals surface area contributed by atoms with Crippen LogP contribution in [0.3, 0.4) is 0 Å². The highest BCUT2D eigenvalue weighted by Crippen LogP contribution is 2.32. The van der Waals surface area contributed by atoms with Gasteiger partial charge in [0.05, 0.1) is 6.54 Å². The lowest BCUT2D eigenvalue weighted by Crippen LogP contribution is -2.36. The molecular formula is C12H22N4. The van der Waals surface area contributed by atoms with Gasteiger partial charge in [-0.15, -0.1) is 0 Å². The second kappa shape index (κ2) is 4.53. The van der Waals surface area contributed by atoms with Gasteiger partial charge in [0.1, 0.15) is 12.2 Å². The Bertz CT molecular complexity index is 333. The van der Waals surface area contributed by atoms with Crippen LogP contribution in [0, 0.1) is 5.92 Å². The molecule has 0 saturated heterocycles. The van der Waals surface area contributed by atoms with Gasteiger partial charge < -0.3 is 5.32 Å². The van der Waals surface area contributed by atoms with E-state index in [2.05, 4.69) is 36.2 Å². The smallest absolute Gasteiger partial charge is 0.140 e. The third-order valence-corrected chi connectivity index (χ3v) is 2.92. The third-order valence-electron chi connectivity index (χ3n) is 2.92. The molecular weight excluding hydrogens is 200 g/mol. The quantitative estimate of drug-likeness (QED) is 0.828. The van der Waals surface area contributed by atoms with Crippen molar-refractivity contribution in [2.45, 2.75) is 58.7 Å². The molecule has 0 atom stereocenters. The number of aryl methyl sites for hydroxylation is 1. The van der Waals surface area contributed by atoms with Crippen molar-refractivity contribution in [3.05, 3.63) is 12.2 Å². The van der Waals surface area contributed by atoms with E-state index < -0.39 is 0 Å². The SMILES string of the molecule is CC(C)(C)NCc1ncnn1CCC1CC1. The highest BCUT2D eigenvalue weighted by molar-refractivity contribution is 4.87. The molecule has 1 saturated carbocycles. The van der Waals surface area contributed by atoms with Crippen molar-refractivity contribution in [3.63, 3.8) is 0 Å². The zero-order chi connectivity index (χ0) is 11.6. The Morgan fingerprint density at radius 2 is 2.19 bits per heavy atom. The summed E-state index contributed by atoms with van der Waals surface area (Å²) in [5.41, 5.74) is 0.132. The molecule has 1 heterocycles. The maximum atomic E-state index is 4.31. The van der Waals surface area contributed by atoms with Crippen LogP contribution in [0.1, 0.15) is 45.9 Å². The second-order valence-corrected chi connectivity index (χ2v) is 5.74. The van der Waals surface area contributed by atoms with Gasteiger partial charge in [-0.2, -0.15) is 5.10 Å². The standard InChI is InChI=1S/C12H22N4/c1-12(2,3)14-8-11-13-9-15-16(11)7-6-10-4-5-10/h9-10,14H,4-8H2,1-3H3. The molecule has 1 aromatic rings. The molecule has 0 unspecified atom stereocenters. The van der Waals surface area contributed by atoms with Crippen molar-refractivity contribution in [1.82, 2.24) is 20.1 Å². The summed E-state index contributed by atoms with van der Waals surface area (Å²) >= 11 is 0. The van der Waals surface area contributed by atoms with Crippen LogP contribution in [0.4, 0.5) is 0 Å². The monoisotopic (exact) mass is 222 g/mol. The molecule has 1 N–H and O–H groups in total. The summed E-state index contributed by atoms with van der Waals surface area (Å²) in [5, 5.41) is 7.73. The molecule has 0 aliphatic heterocycles. The molecule has 90 valence electrons. The molecule has 0 spiro atoms. The van der Waals surface area contributed by atoms with Crippen LogP contribution in [-0.2, 0) is 13.1 Å². The molecule has 4 heteroatoms. The molecule has 1 aromatic heterocycles. The fraction of sp³-hybridized carbons (Fsp3) is 0.833. The van der Waals surface area contributed by atoms with E-state index in [-0.39, 0.29) is 5.54 Å². The minimum absolute atomic E-state index is 0.132. The Morgan fingerprint density at radius 3 is 2.81 bits per heavy atom. The number of nitrogens with one attached hydrogen (secondary N) is 1. The van der Waals surface area contributed by atoms with Gasteiger partial charge in [-0.1, -0.05) is 12.8 Å². The first-order chi connectivity index (χ1) is 7.54. The lowest BCUT2D eigenvalue weighted by atomic mass is 10.1. The van der Waals surface area contributed by atoms with Crippen molar-refractivity contribution in [1.29, 1.82) is 0 Å². The zero-order valence-electron chi connectivity index (χ0n) is 10.5. The van der Waals surface area contributed by atoms with Crippen molar-refractivity contribution in [3.8, 4) is 0 Å². The van der Waals surface area contributed by atoms with E-state index in [4.69, 9.17) is 0 Å². The zero-order valence-corrected chi connectivity index (χ0v) is 10.5. The van der Waals surface area contributed by atoms with Gasteiger partial charge in [0.25, 0.3) is 0 Å². The maximum Gasteiger partial charge on any atom is 0.140 e. The molecule has 16 heavy (non-hydrogen) atoms. The van der Waals surface area contributed by atoms with Crippen molar-refractivity contribution in [2.75, 3.05) is 0 Å². The van der Waals surface area contributed by atoms with Crippen molar-refractivity contribution >= 4 is 0 Å². The number of nitrogens with zero attached hydrogens (tertiary/aromatic N) is 3. The van der Waals surface area contributed by atoms with E-state index in [9.17, 15) is 0 Å². The number of rotatable bonds is 5. The average molecular weight is 222 g/mol.